The van der Waals surface area contributed by atoms with E-state index in [9.17, 15) is 9.90 Å². The SMILES string of the molecule is CCC1CN(Cc2cc([C@H](c3ccc4c(nnn4C)c3C)[C@H](C)C(=O)O)ccc2C)Cc2ccccc2O1. The van der Waals surface area contributed by atoms with Gasteiger partial charge in [0.25, 0.3) is 0 Å². The van der Waals surface area contributed by atoms with Crippen LogP contribution in [0.3, 0.4) is 0 Å². The number of aryl methyl sites for hydroxylation is 3. The molecule has 38 heavy (non-hydrogen) atoms. The highest BCUT2D eigenvalue weighted by atomic mass is 16.5. The second kappa shape index (κ2) is 10.6. The molecule has 4 aromatic rings. The summed E-state index contributed by atoms with van der Waals surface area (Å²) in [5, 5.41) is 18.6. The van der Waals surface area contributed by atoms with Crippen molar-refractivity contribution in [3.8, 4) is 5.75 Å². The molecule has 0 saturated carbocycles. The number of hydrogen-bond donors (Lipinski definition) is 1. The maximum absolute atomic E-state index is 12.3. The van der Waals surface area contributed by atoms with Crippen LogP contribution in [0, 0.1) is 19.8 Å². The molecule has 5 rings (SSSR count). The zero-order chi connectivity index (χ0) is 27.0. The van der Waals surface area contributed by atoms with Crippen LogP contribution >= 0.6 is 0 Å². The summed E-state index contributed by atoms with van der Waals surface area (Å²) in [5.41, 5.74) is 8.31. The molecule has 1 aliphatic heterocycles. The largest absolute Gasteiger partial charge is 0.489 e. The van der Waals surface area contributed by atoms with Crippen LogP contribution in [0.25, 0.3) is 11.0 Å². The Balaban J connectivity index is 1.53. The molecule has 7 heteroatoms. The van der Waals surface area contributed by atoms with Crippen LogP contribution in [-0.2, 0) is 24.9 Å². The van der Waals surface area contributed by atoms with E-state index in [1.165, 1.54) is 16.7 Å². The minimum atomic E-state index is -0.817. The molecule has 1 aliphatic rings. The Kier molecular flexibility index (Phi) is 7.21. The first-order chi connectivity index (χ1) is 18.3. The first-order valence-electron chi connectivity index (χ1n) is 13.3. The number of para-hydroxylation sites is 1. The van der Waals surface area contributed by atoms with Crippen molar-refractivity contribution in [1.82, 2.24) is 19.9 Å². The molecule has 0 amide bonds. The summed E-state index contributed by atoms with van der Waals surface area (Å²) in [4.78, 5) is 14.7. The fourth-order valence-electron chi connectivity index (χ4n) is 5.65. The summed E-state index contributed by atoms with van der Waals surface area (Å²) in [6.45, 7) is 10.5. The third-order valence-corrected chi connectivity index (χ3v) is 8.01. The lowest BCUT2D eigenvalue weighted by Gasteiger charge is -2.27. The van der Waals surface area contributed by atoms with Gasteiger partial charge < -0.3 is 9.84 Å². The van der Waals surface area contributed by atoms with Gasteiger partial charge in [0.2, 0.25) is 0 Å². The summed E-state index contributed by atoms with van der Waals surface area (Å²) < 4.78 is 8.06. The predicted molar refractivity (Wildman–Crippen MR) is 148 cm³/mol. The fourth-order valence-corrected chi connectivity index (χ4v) is 5.65. The van der Waals surface area contributed by atoms with Crippen LogP contribution in [0.5, 0.6) is 5.75 Å². The Morgan fingerprint density at radius 3 is 2.71 bits per heavy atom. The number of ether oxygens (including phenoxy) is 1. The standard InChI is InChI=1S/C31H36N4O3/c1-6-25-18-35(16-23-9-7-8-10-28(23)38-25)17-24-15-22(12-11-19(24)2)29(21(4)31(36)37)26-13-14-27-30(20(26)3)32-33-34(27)5/h7-15,21,25,29H,6,16-18H2,1-5H3,(H,36,37)/t21-,25?,29+/m0/s1. The molecular formula is C31H36N4O3. The van der Waals surface area contributed by atoms with Gasteiger partial charge in [0.15, 0.2) is 0 Å². The maximum atomic E-state index is 12.3. The lowest BCUT2D eigenvalue weighted by atomic mass is 9.79. The van der Waals surface area contributed by atoms with Crippen molar-refractivity contribution < 1.29 is 14.6 Å². The van der Waals surface area contributed by atoms with Crippen LogP contribution in [0.1, 0.15) is 59.6 Å². The molecule has 7 nitrogen and oxygen atoms in total. The molecule has 0 saturated heterocycles. The minimum Gasteiger partial charge on any atom is -0.489 e. The van der Waals surface area contributed by atoms with Crippen LogP contribution in [0.2, 0.25) is 0 Å². The molecular weight excluding hydrogens is 476 g/mol. The normalized spacial score (nSPS) is 17.4. The van der Waals surface area contributed by atoms with Gasteiger partial charge in [0.05, 0.1) is 11.4 Å². The van der Waals surface area contributed by atoms with E-state index >= 15 is 0 Å². The summed E-state index contributed by atoms with van der Waals surface area (Å²) in [6, 6.07) is 18.7. The van der Waals surface area contributed by atoms with Crippen molar-refractivity contribution in [1.29, 1.82) is 0 Å². The van der Waals surface area contributed by atoms with Gasteiger partial charge >= 0.3 is 5.97 Å². The number of carboxylic acids is 1. The van der Waals surface area contributed by atoms with Gasteiger partial charge in [0.1, 0.15) is 17.4 Å². The molecule has 0 fully saturated rings. The Labute approximate surface area is 224 Å². The van der Waals surface area contributed by atoms with E-state index in [1.807, 2.05) is 32.2 Å². The van der Waals surface area contributed by atoms with Crippen molar-refractivity contribution in [3.63, 3.8) is 0 Å². The van der Waals surface area contributed by atoms with Crippen molar-refractivity contribution in [2.24, 2.45) is 13.0 Å². The molecule has 3 aromatic carbocycles. The van der Waals surface area contributed by atoms with Gasteiger partial charge in [-0.3, -0.25) is 9.69 Å². The average molecular weight is 513 g/mol. The molecule has 0 radical (unpaired) electrons. The number of carboxylic acid groups (broad SMARTS) is 1. The molecule has 2 heterocycles. The van der Waals surface area contributed by atoms with E-state index in [2.05, 4.69) is 65.5 Å². The highest BCUT2D eigenvalue weighted by molar-refractivity contribution is 5.80. The van der Waals surface area contributed by atoms with E-state index in [1.54, 1.807) is 11.6 Å². The number of benzene rings is 3. The second-order valence-corrected chi connectivity index (χ2v) is 10.6. The molecule has 0 aliphatic carbocycles. The highest BCUT2D eigenvalue weighted by Crippen LogP contribution is 2.37. The molecule has 3 atom stereocenters. The Morgan fingerprint density at radius 2 is 1.95 bits per heavy atom. The van der Waals surface area contributed by atoms with Crippen molar-refractivity contribution in [2.75, 3.05) is 6.54 Å². The van der Waals surface area contributed by atoms with Gasteiger partial charge in [-0.05, 0) is 60.2 Å². The average Bonchev–Trinajstić information content (AvgIpc) is 3.18. The summed E-state index contributed by atoms with van der Waals surface area (Å²) >= 11 is 0. The molecule has 1 aromatic heterocycles. The third-order valence-electron chi connectivity index (χ3n) is 8.01. The van der Waals surface area contributed by atoms with Crippen molar-refractivity contribution in [3.05, 3.63) is 88.0 Å². The summed E-state index contributed by atoms with van der Waals surface area (Å²) in [7, 11) is 1.87. The molecule has 0 bridgehead atoms. The van der Waals surface area contributed by atoms with Crippen LogP contribution in [0.15, 0.2) is 54.6 Å². The molecule has 1 unspecified atom stereocenters. The lowest BCUT2D eigenvalue weighted by Crippen LogP contribution is -2.32. The quantitative estimate of drug-likeness (QED) is 0.347. The fraction of sp³-hybridized carbons (Fsp3) is 0.387. The smallest absolute Gasteiger partial charge is 0.307 e. The highest BCUT2D eigenvalue weighted by Gasteiger charge is 2.30. The number of nitrogens with zero attached hydrogens (tertiary/aromatic N) is 4. The maximum Gasteiger partial charge on any atom is 0.307 e. The molecule has 1 N–H and O–H groups in total. The van der Waals surface area contributed by atoms with Gasteiger partial charge in [-0.2, -0.15) is 0 Å². The second-order valence-electron chi connectivity index (χ2n) is 10.6. The van der Waals surface area contributed by atoms with Crippen LogP contribution in [-0.4, -0.2) is 43.6 Å². The topological polar surface area (TPSA) is 80.5 Å². The van der Waals surface area contributed by atoms with E-state index in [-0.39, 0.29) is 12.0 Å². The molecule has 198 valence electrons. The zero-order valence-corrected chi connectivity index (χ0v) is 22.8. The summed E-state index contributed by atoms with van der Waals surface area (Å²) in [5.74, 6) is -0.767. The first-order valence-corrected chi connectivity index (χ1v) is 13.3. The monoisotopic (exact) mass is 512 g/mol. The Morgan fingerprint density at radius 1 is 1.16 bits per heavy atom. The number of carbonyl (C=O) groups is 1. The third kappa shape index (κ3) is 4.90. The lowest BCUT2D eigenvalue weighted by molar-refractivity contribution is -0.141. The first kappa shape index (κ1) is 25.9. The Bertz CT molecular complexity index is 1480. The van der Waals surface area contributed by atoms with Gasteiger partial charge in [0, 0.05) is 38.2 Å². The van der Waals surface area contributed by atoms with E-state index < -0.39 is 11.9 Å². The van der Waals surface area contributed by atoms with E-state index in [0.717, 1.165) is 59.5 Å². The van der Waals surface area contributed by atoms with Crippen LogP contribution < -0.4 is 4.74 Å². The van der Waals surface area contributed by atoms with Gasteiger partial charge in [-0.25, -0.2) is 4.68 Å². The molecule has 0 spiro atoms. The summed E-state index contributed by atoms with van der Waals surface area (Å²) in [6.07, 6.45) is 1.06. The number of aliphatic carboxylic acids is 1. The van der Waals surface area contributed by atoms with Gasteiger partial charge in [-0.15, -0.1) is 5.10 Å². The number of rotatable bonds is 7. The zero-order valence-electron chi connectivity index (χ0n) is 22.8. The van der Waals surface area contributed by atoms with Gasteiger partial charge in [-0.1, -0.05) is 61.5 Å². The predicted octanol–water partition coefficient (Wildman–Crippen LogP) is 5.61. The van der Waals surface area contributed by atoms with Crippen molar-refractivity contribution >= 4 is 17.0 Å². The number of aromatic nitrogens is 3. The van der Waals surface area contributed by atoms with E-state index in [4.69, 9.17) is 4.74 Å². The van der Waals surface area contributed by atoms with Crippen molar-refractivity contribution in [2.45, 2.75) is 59.2 Å². The number of hydrogen-bond acceptors (Lipinski definition) is 5. The number of fused-ring (bicyclic) bond motifs is 2. The minimum absolute atomic E-state index is 0.128. The Hall–Kier alpha value is -3.71. The van der Waals surface area contributed by atoms with E-state index in [0.29, 0.717) is 0 Å². The van der Waals surface area contributed by atoms with Crippen LogP contribution in [0.4, 0.5) is 0 Å².